The molecule has 5 nitrogen and oxygen atoms in total. The Balaban J connectivity index is 2.82. The molecule has 1 saturated carbocycles. The molecule has 1 aliphatic carbocycles. The fourth-order valence-corrected chi connectivity index (χ4v) is 4.24. The largest absolute Gasteiger partial charge is 0.481 e. The Morgan fingerprint density at radius 3 is 2.35 bits per heavy atom. The summed E-state index contributed by atoms with van der Waals surface area (Å²) in [5, 5.41) is 8.60. The van der Waals surface area contributed by atoms with E-state index in [1.165, 1.54) is 6.26 Å². The van der Waals surface area contributed by atoms with Crippen molar-refractivity contribution in [2.75, 3.05) is 12.8 Å². The summed E-state index contributed by atoms with van der Waals surface area (Å²) in [7, 11) is -3.01. The minimum absolute atomic E-state index is 0.0946. The van der Waals surface area contributed by atoms with E-state index in [1.54, 1.807) is 0 Å². The molecule has 1 fully saturated rings. The van der Waals surface area contributed by atoms with Crippen molar-refractivity contribution in [1.29, 1.82) is 0 Å². The number of carboxylic acid groups (broad SMARTS) is 1. The summed E-state index contributed by atoms with van der Waals surface area (Å²) in [5.74, 6) is -0.810. The Morgan fingerprint density at radius 2 is 1.90 bits per heavy atom. The third kappa shape index (κ3) is 5.05. The van der Waals surface area contributed by atoms with E-state index >= 15 is 0 Å². The van der Waals surface area contributed by atoms with Gasteiger partial charge < -0.3 is 5.11 Å². The normalized spacial score (nSPS) is 24.9. The number of hydrogen-bond donors (Lipinski definition) is 1. The van der Waals surface area contributed by atoms with Crippen molar-refractivity contribution in [1.82, 2.24) is 4.90 Å². The molecule has 0 heterocycles. The monoisotopic (exact) mass is 305 g/mol. The van der Waals surface area contributed by atoms with Gasteiger partial charge in [-0.3, -0.25) is 9.69 Å². The number of carboxylic acids is 1. The molecule has 0 aromatic carbocycles. The molecule has 0 bridgehead atoms. The SMILES string of the molecule is CC(C)(C)N(CCC(=O)O)C1CCCC(S(C)(=O)=O)C1. The van der Waals surface area contributed by atoms with Gasteiger partial charge in [0.15, 0.2) is 0 Å². The highest BCUT2D eigenvalue weighted by Crippen LogP contribution is 2.31. The van der Waals surface area contributed by atoms with Crippen molar-refractivity contribution >= 4 is 15.8 Å². The summed E-state index contributed by atoms with van der Waals surface area (Å²) < 4.78 is 23.5. The van der Waals surface area contributed by atoms with Gasteiger partial charge >= 0.3 is 5.97 Å². The van der Waals surface area contributed by atoms with Crippen molar-refractivity contribution in [2.45, 2.75) is 69.7 Å². The lowest BCUT2D eigenvalue weighted by molar-refractivity contribution is -0.137. The van der Waals surface area contributed by atoms with Crippen LogP contribution in [0.25, 0.3) is 0 Å². The van der Waals surface area contributed by atoms with Crippen LogP contribution in [0.2, 0.25) is 0 Å². The van der Waals surface area contributed by atoms with E-state index in [0.717, 1.165) is 19.3 Å². The molecule has 0 saturated heterocycles. The summed E-state index contributed by atoms with van der Waals surface area (Å²) in [6.07, 6.45) is 4.59. The number of hydrogen-bond acceptors (Lipinski definition) is 4. The van der Waals surface area contributed by atoms with Crippen molar-refractivity contribution < 1.29 is 18.3 Å². The van der Waals surface area contributed by atoms with Crippen molar-refractivity contribution in [3.63, 3.8) is 0 Å². The number of aliphatic carboxylic acids is 1. The first-order valence-electron chi connectivity index (χ1n) is 7.19. The number of nitrogens with zero attached hydrogens (tertiary/aromatic N) is 1. The second kappa shape index (κ2) is 6.43. The minimum Gasteiger partial charge on any atom is -0.481 e. The van der Waals surface area contributed by atoms with Crippen LogP contribution >= 0.6 is 0 Å². The number of sulfone groups is 1. The van der Waals surface area contributed by atoms with Crippen LogP contribution in [0.15, 0.2) is 0 Å². The summed E-state index contributed by atoms with van der Waals surface area (Å²) in [4.78, 5) is 13.0. The summed E-state index contributed by atoms with van der Waals surface area (Å²) in [6, 6.07) is 0.155. The van der Waals surface area contributed by atoms with Gasteiger partial charge in [-0.15, -0.1) is 0 Å². The fourth-order valence-electron chi connectivity index (χ4n) is 3.07. The zero-order chi connectivity index (χ0) is 15.6. The van der Waals surface area contributed by atoms with E-state index in [2.05, 4.69) is 25.7 Å². The first-order valence-corrected chi connectivity index (χ1v) is 9.14. The molecule has 0 amide bonds. The van der Waals surface area contributed by atoms with E-state index in [-0.39, 0.29) is 23.3 Å². The average Bonchev–Trinajstić information content (AvgIpc) is 2.26. The molecule has 0 aliphatic heterocycles. The highest BCUT2D eigenvalue weighted by Gasteiger charge is 2.35. The summed E-state index contributed by atoms with van der Waals surface area (Å²) >= 11 is 0. The van der Waals surface area contributed by atoms with E-state index in [1.807, 2.05) is 0 Å². The maximum atomic E-state index is 11.8. The van der Waals surface area contributed by atoms with E-state index in [0.29, 0.717) is 13.0 Å². The third-order valence-electron chi connectivity index (χ3n) is 4.07. The number of carbonyl (C=O) groups is 1. The second-order valence-corrected chi connectivity index (χ2v) is 9.11. The van der Waals surface area contributed by atoms with Crippen molar-refractivity contribution in [2.24, 2.45) is 0 Å². The Bertz CT molecular complexity index is 439. The summed E-state index contributed by atoms with van der Waals surface area (Å²) in [6.45, 7) is 6.64. The standard InChI is InChI=1S/C14H27NO4S/c1-14(2,3)15(9-8-13(16)17)11-6-5-7-12(10-11)20(4,18)19/h11-12H,5-10H2,1-4H3,(H,16,17). The molecule has 6 heteroatoms. The zero-order valence-corrected chi connectivity index (χ0v) is 13.7. The molecule has 1 aliphatic rings. The Hall–Kier alpha value is -0.620. The Kier molecular flexibility index (Phi) is 5.61. The molecule has 20 heavy (non-hydrogen) atoms. The lowest BCUT2D eigenvalue weighted by Gasteiger charge is -2.44. The van der Waals surface area contributed by atoms with Crippen LogP contribution < -0.4 is 0 Å². The van der Waals surface area contributed by atoms with Gasteiger partial charge in [0.25, 0.3) is 0 Å². The first-order chi connectivity index (χ1) is 9.01. The van der Waals surface area contributed by atoms with Crippen LogP contribution in [-0.2, 0) is 14.6 Å². The third-order valence-corrected chi connectivity index (χ3v) is 5.71. The van der Waals surface area contributed by atoms with Crippen molar-refractivity contribution in [3.05, 3.63) is 0 Å². The topological polar surface area (TPSA) is 74.7 Å². The lowest BCUT2D eigenvalue weighted by Crippen LogP contribution is -2.51. The molecule has 2 atom stereocenters. The van der Waals surface area contributed by atoms with Gasteiger partial charge in [-0.2, -0.15) is 0 Å². The fraction of sp³-hybridized carbons (Fsp3) is 0.929. The molecular formula is C14H27NO4S. The van der Waals surface area contributed by atoms with Crippen LogP contribution in [0.1, 0.15) is 52.9 Å². The minimum atomic E-state index is -3.01. The van der Waals surface area contributed by atoms with Gasteiger partial charge in [0.05, 0.1) is 11.7 Å². The Labute approximate surface area is 122 Å². The van der Waals surface area contributed by atoms with Crippen LogP contribution in [0.3, 0.4) is 0 Å². The molecule has 0 radical (unpaired) electrons. The molecule has 2 unspecified atom stereocenters. The van der Waals surface area contributed by atoms with Gasteiger partial charge in [-0.1, -0.05) is 6.42 Å². The van der Waals surface area contributed by atoms with Crippen LogP contribution in [0, 0.1) is 0 Å². The van der Waals surface area contributed by atoms with Gasteiger partial charge in [0.2, 0.25) is 0 Å². The van der Waals surface area contributed by atoms with E-state index < -0.39 is 15.8 Å². The summed E-state index contributed by atoms with van der Waals surface area (Å²) in [5.41, 5.74) is -0.153. The maximum absolute atomic E-state index is 11.8. The molecule has 118 valence electrons. The zero-order valence-electron chi connectivity index (χ0n) is 12.9. The van der Waals surface area contributed by atoms with E-state index in [4.69, 9.17) is 5.11 Å². The quantitative estimate of drug-likeness (QED) is 0.840. The molecule has 1 rings (SSSR count). The molecule has 0 spiro atoms. The second-order valence-electron chi connectivity index (χ2n) is 6.78. The predicted octanol–water partition coefficient (Wildman–Crippen LogP) is 1.92. The van der Waals surface area contributed by atoms with Crippen LogP contribution in [0.5, 0.6) is 0 Å². The molecule has 1 N–H and O–H groups in total. The smallest absolute Gasteiger partial charge is 0.304 e. The number of rotatable bonds is 5. The van der Waals surface area contributed by atoms with Crippen molar-refractivity contribution in [3.8, 4) is 0 Å². The highest BCUT2D eigenvalue weighted by atomic mass is 32.2. The lowest BCUT2D eigenvalue weighted by atomic mass is 9.90. The van der Waals surface area contributed by atoms with E-state index in [9.17, 15) is 13.2 Å². The molecular weight excluding hydrogens is 278 g/mol. The predicted molar refractivity (Wildman–Crippen MR) is 79.6 cm³/mol. The van der Waals surface area contributed by atoms with Gasteiger partial charge in [-0.25, -0.2) is 8.42 Å². The Morgan fingerprint density at radius 1 is 1.30 bits per heavy atom. The first kappa shape index (κ1) is 17.4. The maximum Gasteiger partial charge on any atom is 0.304 e. The molecule has 0 aromatic heterocycles. The molecule has 0 aromatic rings. The average molecular weight is 305 g/mol. The van der Waals surface area contributed by atoms with Crippen LogP contribution in [-0.4, -0.2) is 54.0 Å². The van der Waals surface area contributed by atoms with Gasteiger partial charge in [-0.05, 0) is 40.0 Å². The highest BCUT2D eigenvalue weighted by molar-refractivity contribution is 7.91. The van der Waals surface area contributed by atoms with Crippen LogP contribution in [0.4, 0.5) is 0 Å². The van der Waals surface area contributed by atoms with Gasteiger partial charge in [0, 0.05) is 24.4 Å². The van der Waals surface area contributed by atoms with Gasteiger partial charge in [0.1, 0.15) is 9.84 Å².